The molecule has 0 saturated carbocycles. The van der Waals surface area contributed by atoms with Crippen LogP contribution in [0.15, 0.2) is 12.1 Å². The van der Waals surface area contributed by atoms with E-state index in [0.29, 0.717) is 22.0 Å². The van der Waals surface area contributed by atoms with Crippen LogP contribution >= 0.6 is 34.8 Å². The lowest BCUT2D eigenvalue weighted by molar-refractivity contribution is 0.00633. The van der Waals surface area contributed by atoms with Crippen LogP contribution in [-0.4, -0.2) is 22.3 Å². The molecule has 6 heteroatoms. The summed E-state index contributed by atoms with van der Waals surface area (Å²) in [5.41, 5.74) is 1.84. The molecular weight excluding hydrogens is 319 g/mol. The first-order valence-electron chi connectivity index (χ1n) is 6.63. The van der Waals surface area contributed by atoms with Crippen LogP contribution in [0.4, 0.5) is 0 Å². The van der Waals surface area contributed by atoms with Crippen molar-refractivity contribution in [3.05, 3.63) is 28.0 Å². The number of fused-ring (bicyclic) bond motifs is 1. The molecule has 2 heterocycles. The third-order valence-corrected chi connectivity index (χ3v) is 4.71. The molecule has 2 aromatic rings. The Bertz CT molecular complexity index is 641. The molecule has 1 saturated heterocycles. The number of nitrogens with zero attached hydrogens (tertiary/aromatic N) is 2. The Labute approximate surface area is 132 Å². The van der Waals surface area contributed by atoms with Crippen LogP contribution < -0.4 is 0 Å². The predicted octanol–water partition coefficient (Wildman–Crippen LogP) is 4.82. The Morgan fingerprint density at radius 2 is 2.10 bits per heavy atom. The van der Waals surface area contributed by atoms with Gasteiger partial charge in [-0.2, -0.15) is 0 Å². The molecule has 1 aliphatic heterocycles. The normalized spacial score (nSPS) is 23.4. The lowest BCUT2D eigenvalue weighted by atomic mass is 10.0. The third kappa shape index (κ3) is 2.52. The summed E-state index contributed by atoms with van der Waals surface area (Å²) in [6.07, 6.45) is 2.16. The molecule has 108 valence electrons. The van der Waals surface area contributed by atoms with Gasteiger partial charge in [0.15, 0.2) is 0 Å². The van der Waals surface area contributed by atoms with E-state index in [0.717, 1.165) is 36.3 Å². The van der Waals surface area contributed by atoms with E-state index in [1.807, 2.05) is 6.07 Å². The highest BCUT2D eigenvalue weighted by Gasteiger charge is 2.25. The average molecular weight is 334 g/mol. The molecular formula is C14H15Cl3N2O. The molecule has 1 aliphatic rings. The Hall–Kier alpha value is -0.480. The Morgan fingerprint density at radius 1 is 1.35 bits per heavy atom. The number of rotatable bonds is 2. The molecule has 0 N–H and O–H groups in total. The molecule has 0 spiro atoms. The van der Waals surface area contributed by atoms with Crippen molar-refractivity contribution in [3.63, 3.8) is 0 Å². The molecule has 3 nitrogen and oxygen atoms in total. The number of hydrogen-bond acceptors (Lipinski definition) is 2. The van der Waals surface area contributed by atoms with E-state index in [1.165, 1.54) is 0 Å². The van der Waals surface area contributed by atoms with E-state index in [1.54, 1.807) is 6.07 Å². The first-order chi connectivity index (χ1) is 9.60. The number of aromatic nitrogens is 2. The minimum atomic E-state index is 0.247. The van der Waals surface area contributed by atoms with Crippen molar-refractivity contribution in [1.29, 1.82) is 0 Å². The molecule has 0 radical (unpaired) electrons. The van der Waals surface area contributed by atoms with Gasteiger partial charge in [-0.25, -0.2) is 4.98 Å². The number of benzene rings is 1. The standard InChI is InChI=1S/C14H15Cl3N2O/c1-8-4-9(2-3-20-8)19-13-6-11(17)10(16)5-12(13)18-14(19)7-15/h5-6,8-9H,2-4,7H2,1H3. The van der Waals surface area contributed by atoms with E-state index in [2.05, 4.69) is 16.5 Å². The Balaban J connectivity index is 2.14. The minimum Gasteiger partial charge on any atom is -0.378 e. The molecule has 2 atom stereocenters. The van der Waals surface area contributed by atoms with Crippen LogP contribution in [0, 0.1) is 0 Å². The van der Waals surface area contributed by atoms with Crippen molar-refractivity contribution < 1.29 is 4.74 Å². The largest absolute Gasteiger partial charge is 0.378 e. The minimum absolute atomic E-state index is 0.247. The SMILES string of the molecule is CC1CC(n2c(CCl)nc3cc(Cl)c(Cl)cc32)CCO1. The number of hydrogen-bond donors (Lipinski definition) is 0. The summed E-state index contributed by atoms with van der Waals surface area (Å²) in [5, 5.41) is 1.06. The zero-order valence-corrected chi connectivity index (χ0v) is 13.3. The van der Waals surface area contributed by atoms with Gasteiger partial charge in [0.05, 0.1) is 33.1 Å². The van der Waals surface area contributed by atoms with Crippen LogP contribution in [0.2, 0.25) is 10.0 Å². The zero-order valence-electron chi connectivity index (χ0n) is 11.1. The molecule has 1 fully saturated rings. The van der Waals surface area contributed by atoms with Gasteiger partial charge >= 0.3 is 0 Å². The second kappa shape index (κ2) is 5.72. The highest BCUT2D eigenvalue weighted by Crippen LogP contribution is 2.34. The fourth-order valence-electron chi connectivity index (χ4n) is 2.85. The van der Waals surface area contributed by atoms with E-state index in [9.17, 15) is 0 Å². The number of halogens is 3. The van der Waals surface area contributed by atoms with Crippen LogP contribution in [0.3, 0.4) is 0 Å². The molecule has 0 aliphatic carbocycles. The highest BCUT2D eigenvalue weighted by atomic mass is 35.5. The van der Waals surface area contributed by atoms with Gasteiger partial charge in [-0.05, 0) is 31.9 Å². The van der Waals surface area contributed by atoms with Crippen molar-refractivity contribution >= 4 is 45.8 Å². The summed E-state index contributed by atoms with van der Waals surface area (Å²) < 4.78 is 7.82. The fraction of sp³-hybridized carbons (Fsp3) is 0.500. The van der Waals surface area contributed by atoms with Crippen molar-refractivity contribution in [2.45, 2.75) is 37.8 Å². The van der Waals surface area contributed by atoms with Crippen molar-refractivity contribution in [2.24, 2.45) is 0 Å². The van der Waals surface area contributed by atoms with Crippen LogP contribution in [-0.2, 0) is 10.6 Å². The summed E-state index contributed by atoms with van der Waals surface area (Å²) in [7, 11) is 0. The van der Waals surface area contributed by atoms with Gasteiger partial charge in [-0.1, -0.05) is 23.2 Å². The molecule has 20 heavy (non-hydrogen) atoms. The zero-order chi connectivity index (χ0) is 14.3. The monoisotopic (exact) mass is 332 g/mol. The Kier molecular flexibility index (Phi) is 4.14. The quantitative estimate of drug-likeness (QED) is 0.737. The number of alkyl halides is 1. The van der Waals surface area contributed by atoms with Crippen molar-refractivity contribution in [1.82, 2.24) is 9.55 Å². The molecule has 1 aromatic carbocycles. The van der Waals surface area contributed by atoms with Crippen LogP contribution in [0.1, 0.15) is 31.6 Å². The molecule has 0 amide bonds. The summed E-state index contributed by atoms with van der Waals surface area (Å²) in [6.45, 7) is 2.85. The fourth-order valence-corrected chi connectivity index (χ4v) is 3.36. The smallest absolute Gasteiger partial charge is 0.125 e. The summed E-state index contributed by atoms with van der Waals surface area (Å²) in [4.78, 5) is 4.58. The Morgan fingerprint density at radius 3 is 2.80 bits per heavy atom. The number of imidazole rings is 1. The van der Waals surface area contributed by atoms with Crippen molar-refractivity contribution in [3.8, 4) is 0 Å². The van der Waals surface area contributed by atoms with Crippen LogP contribution in [0.5, 0.6) is 0 Å². The second-order valence-electron chi connectivity index (χ2n) is 5.15. The van der Waals surface area contributed by atoms with Gasteiger partial charge < -0.3 is 9.30 Å². The third-order valence-electron chi connectivity index (χ3n) is 3.75. The van der Waals surface area contributed by atoms with E-state index < -0.39 is 0 Å². The summed E-state index contributed by atoms with van der Waals surface area (Å²) in [5.74, 6) is 1.23. The topological polar surface area (TPSA) is 27.1 Å². The van der Waals surface area contributed by atoms with Gasteiger partial charge in [-0.3, -0.25) is 0 Å². The van der Waals surface area contributed by atoms with Gasteiger partial charge in [0, 0.05) is 12.6 Å². The second-order valence-corrected chi connectivity index (χ2v) is 6.23. The van der Waals surface area contributed by atoms with Crippen molar-refractivity contribution in [2.75, 3.05) is 6.61 Å². The van der Waals surface area contributed by atoms with Gasteiger partial charge in [0.2, 0.25) is 0 Å². The van der Waals surface area contributed by atoms with Gasteiger partial charge in [0.25, 0.3) is 0 Å². The molecule has 1 aromatic heterocycles. The summed E-state index contributed by atoms with van der Waals surface area (Å²) in [6, 6.07) is 4.02. The lowest BCUT2D eigenvalue weighted by Crippen LogP contribution is -2.26. The van der Waals surface area contributed by atoms with Crippen LogP contribution in [0.25, 0.3) is 11.0 Å². The van der Waals surface area contributed by atoms with Gasteiger partial charge in [0.1, 0.15) is 5.82 Å². The maximum atomic E-state index is 6.15. The molecule has 3 rings (SSSR count). The van der Waals surface area contributed by atoms with E-state index in [4.69, 9.17) is 39.5 Å². The van der Waals surface area contributed by atoms with E-state index in [-0.39, 0.29) is 6.10 Å². The first kappa shape index (κ1) is 14.5. The molecule has 0 bridgehead atoms. The molecule has 2 unspecified atom stereocenters. The number of ether oxygens (including phenoxy) is 1. The van der Waals surface area contributed by atoms with E-state index >= 15 is 0 Å². The maximum absolute atomic E-state index is 6.15. The predicted molar refractivity (Wildman–Crippen MR) is 83.0 cm³/mol. The lowest BCUT2D eigenvalue weighted by Gasteiger charge is -2.29. The first-order valence-corrected chi connectivity index (χ1v) is 7.92. The van der Waals surface area contributed by atoms with Gasteiger partial charge in [-0.15, -0.1) is 11.6 Å². The highest BCUT2D eigenvalue weighted by molar-refractivity contribution is 6.42. The summed E-state index contributed by atoms with van der Waals surface area (Å²) >= 11 is 18.3. The maximum Gasteiger partial charge on any atom is 0.125 e. The average Bonchev–Trinajstić information content (AvgIpc) is 2.77.